The number of ether oxygens (including phenoxy) is 3. The Morgan fingerprint density at radius 3 is 0.771 bits per heavy atom. The summed E-state index contributed by atoms with van der Waals surface area (Å²) in [6.07, 6.45) is 96.8. The molecule has 0 aliphatic rings. The van der Waals surface area contributed by atoms with Crippen LogP contribution in [0.25, 0.3) is 0 Å². The van der Waals surface area contributed by atoms with Crippen LogP contribution in [0.15, 0.2) is 109 Å². The zero-order valence-electron chi connectivity index (χ0n) is 54.7. The molecule has 6 nitrogen and oxygen atoms in total. The van der Waals surface area contributed by atoms with Crippen LogP contribution >= 0.6 is 0 Å². The minimum atomic E-state index is -0.801. The molecule has 0 N–H and O–H groups in total. The van der Waals surface area contributed by atoms with E-state index in [4.69, 9.17) is 14.2 Å². The van der Waals surface area contributed by atoms with Crippen molar-refractivity contribution in [3.63, 3.8) is 0 Å². The van der Waals surface area contributed by atoms with Crippen molar-refractivity contribution in [2.24, 2.45) is 0 Å². The molecule has 0 aromatic heterocycles. The second-order valence-corrected chi connectivity index (χ2v) is 23.4. The molecule has 0 aromatic carbocycles. The lowest BCUT2D eigenvalue weighted by molar-refractivity contribution is -0.167. The van der Waals surface area contributed by atoms with Crippen LogP contribution < -0.4 is 0 Å². The molecule has 0 spiro atoms. The Labute approximate surface area is 514 Å². The molecule has 0 heterocycles. The molecular formula is C77H132O6. The highest BCUT2D eigenvalue weighted by atomic mass is 16.6. The van der Waals surface area contributed by atoms with Crippen LogP contribution in [0, 0.1) is 0 Å². The topological polar surface area (TPSA) is 78.9 Å². The van der Waals surface area contributed by atoms with Crippen molar-refractivity contribution < 1.29 is 28.6 Å². The van der Waals surface area contributed by atoms with Gasteiger partial charge in [-0.3, -0.25) is 14.4 Å². The predicted octanol–water partition coefficient (Wildman–Crippen LogP) is 24.6. The molecule has 0 bridgehead atoms. The van der Waals surface area contributed by atoms with E-state index >= 15 is 0 Å². The summed E-state index contributed by atoms with van der Waals surface area (Å²) >= 11 is 0. The molecule has 1 unspecified atom stereocenters. The molecule has 0 aliphatic carbocycles. The first-order valence-electron chi connectivity index (χ1n) is 35.4. The SMILES string of the molecule is CC/C=C\C/C=C\C/C=C\C/C=C\C/C=C\CCCCCC(=O)OC(COC(=O)CCCCCCCCCCC/C=C\C/C=C\CCCCC)COC(=O)CCCCCCCCCCCCCCCCC/C=C\C/C=C\CCCCCCC. The van der Waals surface area contributed by atoms with Gasteiger partial charge >= 0.3 is 17.9 Å². The number of hydrogen-bond donors (Lipinski definition) is 0. The maximum Gasteiger partial charge on any atom is 0.306 e. The monoisotopic (exact) mass is 1150 g/mol. The molecule has 0 aromatic rings. The third kappa shape index (κ3) is 68.7. The van der Waals surface area contributed by atoms with Crippen molar-refractivity contribution in [2.75, 3.05) is 13.2 Å². The number of allylic oxidation sites excluding steroid dienone is 18. The molecule has 476 valence electrons. The second-order valence-electron chi connectivity index (χ2n) is 23.4. The third-order valence-corrected chi connectivity index (χ3v) is 15.2. The molecule has 0 fully saturated rings. The smallest absolute Gasteiger partial charge is 0.306 e. The van der Waals surface area contributed by atoms with Gasteiger partial charge < -0.3 is 14.2 Å². The van der Waals surface area contributed by atoms with E-state index in [0.717, 1.165) is 109 Å². The quantitative estimate of drug-likeness (QED) is 0.0261. The van der Waals surface area contributed by atoms with Gasteiger partial charge in [0.05, 0.1) is 0 Å². The minimum Gasteiger partial charge on any atom is -0.462 e. The molecule has 0 saturated carbocycles. The molecule has 0 amide bonds. The van der Waals surface area contributed by atoms with Gasteiger partial charge in [-0.15, -0.1) is 0 Å². The van der Waals surface area contributed by atoms with E-state index in [2.05, 4.69) is 130 Å². The van der Waals surface area contributed by atoms with E-state index in [9.17, 15) is 14.4 Å². The first-order valence-corrected chi connectivity index (χ1v) is 35.4. The lowest BCUT2D eigenvalue weighted by Gasteiger charge is -2.18. The Hall–Kier alpha value is -3.93. The van der Waals surface area contributed by atoms with Gasteiger partial charge in [0.15, 0.2) is 6.10 Å². The normalized spacial score (nSPS) is 12.8. The van der Waals surface area contributed by atoms with E-state index in [1.165, 1.54) is 193 Å². The van der Waals surface area contributed by atoms with Crippen LogP contribution in [-0.4, -0.2) is 37.2 Å². The van der Waals surface area contributed by atoms with Crippen molar-refractivity contribution in [1.82, 2.24) is 0 Å². The van der Waals surface area contributed by atoms with Crippen LogP contribution in [0.2, 0.25) is 0 Å². The Morgan fingerprint density at radius 1 is 0.253 bits per heavy atom. The molecule has 0 radical (unpaired) electrons. The number of carbonyl (C=O) groups is 3. The Balaban J connectivity index is 4.37. The van der Waals surface area contributed by atoms with Crippen LogP contribution in [0.5, 0.6) is 0 Å². The standard InChI is InChI=1S/C77H132O6/c1-4-7-10-13-16-19-22-25-28-31-34-35-36-37-38-39-40-41-44-46-49-52-55-58-61-64-67-70-76(79)82-73-74(83-77(80)71-68-65-62-59-56-53-50-47-43-33-30-27-24-21-18-15-12-9-6-3)72-81-75(78)69-66-63-60-57-54-51-48-45-42-32-29-26-23-20-17-14-11-8-5-2/h9,12,17-18,20-22,25-27,29-31,34,43,47,53,56,74H,4-8,10-11,13-16,19,23-24,28,32-33,35-42,44-46,48-52,54-55,57-73H2,1-3H3/b12-9-,20-17-,21-18-,25-22-,29-26-,30-27-,34-31-,47-43-,56-53-. The lowest BCUT2D eigenvalue weighted by atomic mass is 10.0. The lowest BCUT2D eigenvalue weighted by Crippen LogP contribution is -2.30. The summed E-state index contributed by atoms with van der Waals surface area (Å²) in [7, 11) is 0. The van der Waals surface area contributed by atoms with Crippen molar-refractivity contribution in [3.05, 3.63) is 109 Å². The number of esters is 3. The average Bonchev–Trinajstić information content (AvgIpc) is 3.50. The van der Waals surface area contributed by atoms with Gasteiger partial charge in [-0.05, 0) is 128 Å². The predicted molar refractivity (Wildman–Crippen MR) is 362 cm³/mol. The van der Waals surface area contributed by atoms with Gasteiger partial charge in [-0.1, -0.05) is 304 Å². The fraction of sp³-hybridized carbons (Fsp3) is 0.727. The van der Waals surface area contributed by atoms with Gasteiger partial charge in [-0.2, -0.15) is 0 Å². The molecule has 83 heavy (non-hydrogen) atoms. The van der Waals surface area contributed by atoms with Crippen LogP contribution in [0.3, 0.4) is 0 Å². The summed E-state index contributed by atoms with van der Waals surface area (Å²) in [6, 6.07) is 0. The van der Waals surface area contributed by atoms with Crippen molar-refractivity contribution in [3.8, 4) is 0 Å². The molecular weight excluding hydrogens is 1020 g/mol. The molecule has 0 rings (SSSR count). The fourth-order valence-corrected chi connectivity index (χ4v) is 9.94. The van der Waals surface area contributed by atoms with Crippen molar-refractivity contribution in [2.45, 2.75) is 348 Å². The summed E-state index contributed by atoms with van der Waals surface area (Å²) < 4.78 is 17.0. The van der Waals surface area contributed by atoms with Gasteiger partial charge in [-0.25, -0.2) is 0 Å². The summed E-state index contributed by atoms with van der Waals surface area (Å²) in [6.45, 7) is 6.50. The highest BCUT2D eigenvalue weighted by Crippen LogP contribution is 2.17. The van der Waals surface area contributed by atoms with Crippen LogP contribution in [0.4, 0.5) is 0 Å². The number of rotatable bonds is 64. The maximum absolute atomic E-state index is 12.9. The first-order chi connectivity index (χ1) is 41.0. The van der Waals surface area contributed by atoms with E-state index < -0.39 is 6.10 Å². The largest absolute Gasteiger partial charge is 0.462 e. The highest BCUT2D eigenvalue weighted by molar-refractivity contribution is 5.71. The molecule has 1 atom stereocenters. The minimum absolute atomic E-state index is 0.0921. The molecule has 0 saturated heterocycles. The third-order valence-electron chi connectivity index (χ3n) is 15.2. The van der Waals surface area contributed by atoms with E-state index in [-0.39, 0.29) is 37.5 Å². The Morgan fingerprint density at radius 2 is 0.470 bits per heavy atom. The number of hydrogen-bond acceptors (Lipinski definition) is 6. The molecule has 0 aliphatic heterocycles. The van der Waals surface area contributed by atoms with Crippen molar-refractivity contribution >= 4 is 17.9 Å². The maximum atomic E-state index is 12.9. The van der Waals surface area contributed by atoms with Crippen LogP contribution in [0.1, 0.15) is 342 Å². The summed E-state index contributed by atoms with van der Waals surface area (Å²) in [4.78, 5) is 38.5. The Kier molecular flexibility index (Phi) is 67.2. The highest BCUT2D eigenvalue weighted by Gasteiger charge is 2.19. The van der Waals surface area contributed by atoms with E-state index in [0.29, 0.717) is 12.8 Å². The van der Waals surface area contributed by atoms with Gasteiger partial charge in [0.1, 0.15) is 13.2 Å². The first kappa shape index (κ1) is 79.1. The van der Waals surface area contributed by atoms with Crippen molar-refractivity contribution in [1.29, 1.82) is 0 Å². The Bertz CT molecular complexity index is 1660. The second kappa shape index (κ2) is 70.6. The summed E-state index contributed by atoms with van der Waals surface area (Å²) in [5.41, 5.74) is 0. The zero-order chi connectivity index (χ0) is 59.9. The van der Waals surface area contributed by atoms with E-state index in [1.807, 2.05) is 0 Å². The number of carbonyl (C=O) groups excluding carboxylic acids is 3. The van der Waals surface area contributed by atoms with E-state index in [1.54, 1.807) is 0 Å². The van der Waals surface area contributed by atoms with Gasteiger partial charge in [0.25, 0.3) is 0 Å². The number of unbranched alkanes of at least 4 members (excludes halogenated alkanes) is 35. The summed E-state index contributed by atoms with van der Waals surface area (Å²) in [5.74, 6) is -0.916. The zero-order valence-corrected chi connectivity index (χ0v) is 54.7. The average molecular weight is 1150 g/mol. The van der Waals surface area contributed by atoms with Gasteiger partial charge in [0.2, 0.25) is 0 Å². The fourth-order valence-electron chi connectivity index (χ4n) is 9.94. The van der Waals surface area contributed by atoms with Crippen LogP contribution in [-0.2, 0) is 28.6 Å². The molecule has 6 heteroatoms. The van der Waals surface area contributed by atoms with Gasteiger partial charge in [0, 0.05) is 19.3 Å². The summed E-state index contributed by atoms with van der Waals surface area (Å²) in [5, 5.41) is 0.